The molecule has 1 aliphatic carbocycles. The zero-order chi connectivity index (χ0) is 20.4. The fourth-order valence-electron chi connectivity index (χ4n) is 3.18. The largest absolute Gasteiger partial charge is 0.490 e. The molecule has 0 radical (unpaired) electrons. The highest BCUT2D eigenvalue weighted by Crippen LogP contribution is 2.36. The second-order valence-corrected chi connectivity index (χ2v) is 7.30. The predicted molar refractivity (Wildman–Crippen MR) is 111 cm³/mol. The third kappa shape index (κ3) is 4.26. The van der Waals surface area contributed by atoms with E-state index >= 15 is 0 Å². The number of hydrogen-bond donors (Lipinski definition) is 2. The Hall–Kier alpha value is -3.28. The molecular formula is C23H24N2O4. The molecule has 0 atom stereocenters. The number of hydrogen-bond acceptors (Lipinski definition) is 4. The lowest BCUT2D eigenvalue weighted by Gasteiger charge is -2.20. The van der Waals surface area contributed by atoms with Gasteiger partial charge in [-0.25, -0.2) is 0 Å². The van der Waals surface area contributed by atoms with E-state index in [0.717, 1.165) is 24.0 Å². The van der Waals surface area contributed by atoms with E-state index in [0.29, 0.717) is 34.9 Å². The highest BCUT2D eigenvalue weighted by Gasteiger charge is 2.24. The van der Waals surface area contributed by atoms with Crippen LogP contribution in [0.2, 0.25) is 0 Å². The molecule has 2 aliphatic rings. The van der Waals surface area contributed by atoms with Crippen molar-refractivity contribution in [2.45, 2.75) is 32.7 Å². The number of benzene rings is 2. The van der Waals surface area contributed by atoms with Gasteiger partial charge >= 0.3 is 0 Å². The third-order valence-electron chi connectivity index (χ3n) is 4.96. The number of fused-ring (bicyclic) bond motifs is 1. The van der Waals surface area contributed by atoms with Crippen LogP contribution in [-0.4, -0.2) is 31.1 Å². The van der Waals surface area contributed by atoms with Gasteiger partial charge in [0, 0.05) is 22.9 Å². The second-order valence-electron chi connectivity index (χ2n) is 7.30. The quantitative estimate of drug-likeness (QED) is 0.786. The van der Waals surface area contributed by atoms with E-state index in [4.69, 9.17) is 9.47 Å². The fraction of sp³-hybridized carbons (Fsp3) is 0.304. The summed E-state index contributed by atoms with van der Waals surface area (Å²) in [7, 11) is 0. The molecule has 0 spiro atoms. The van der Waals surface area contributed by atoms with Crippen molar-refractivity contribution in [3.05, 3.63) is 58.7 Å². The molecule has 1 heterocycles. The molecule has 150 valence electrons. The van der Waals surface area contributed by atoms with Gasteiger partial charge in [-0.1, -0.05) is 18.2 Å². The Morgan fingerprint density at radius 3 is 2.76 bits per heavy atom. The lowest BCUT2D eigenvalue weighted by molar-refractivity contribution is -0.113. The number of rotatable bonds is 6. The Morgan fingerprint density at radius 1 is 1.17 bits per heavy atom. The molecule has 0 saturated heterocycles. The number of amides is 2. The van der Waals surface area contributed by atoms with Gasteiger partial charge in [-0.2, -0.15) is 0 Å². The zero-order valence-electron chi connectivity index (χ0n) is 16.6. The highest BCUT2D eigenvalue weighted by molar-refractivity contribution is 6.08. The summed E-state index contributed by atoms with van der Waals surface area (Å²) in [5.74, 6) is 0.965. The first-order chi connectivity index (χ1) is 14.0. The number of nitrogens with one attached hydrogen (secondary N) is 2. The van der Waals surface area contributed by atoms with E-state index in [1.54, 1.807) is 12.1 Å². The molecule has 0 aromatic heterocycles. The number of carbonyl (C=O) groups excluding carboxylic acids is 2. The van der Waals surface area contributed by atoms with Crippen LogP contribution in [0.15, 0.2) is 42.0 Å². The van der Waals surface area contributed by atoms with Crippen molar-refractivity contribution in [3.8, 4) is 11.5 Å². The Labute approximate surface area is 169 Å². The monoisotopic (exact) mass is 392 g/mol. The van der Waals surface area contributed by atoms with E-state index in [9.17, 15) is 9.59 Å². The van der Waals surface area contributed by atoms with Gasteiger partial charge in [-0.05, 0) is 56.5 Å². The maximum atomic E-state index is 12.8. The Kier molecular flexibility index (Phi) is 5.25. The molecule has 2 amide bonds. The molecular weight excluding hydrogens is 368 g/mol. The summed E-state index contributed by atoms with van der Waals surface area (Å²) in [5, 5.41) is 5.88. The van der Waals surface area contributed by atoms with Crippen LogP contribution in [0.3, 0.4) is 0 Å². The summed E-state index contributed by atoms with van der Waals surface area (Å²) in [5.41, 5.74) is 3.37. The van der Waals surface area contributed by atoms with Gasteiger partial charge in [0.15, 0.2) is 11.5 Å². The Balaban J connectivity index is 1.52. The van der Waals surface area contributed by atoms with Gasteiger partial charge in [-0.15, -0.1) is 0 Å². The van der Waals surface area contributed by atoms with Crippen LogP contribution in [0.25, 0.3) is 6.08 Å². The van der Waals surface area contributed by atoms with Crippen LogP contribution < -0.4 is 20.1 Å². The van der Waals surface area contributed by atoms with Gasteiger partial charge in [0.05, 0.1) is 12.2 Å². The van der Waals surface area contributed by atoms with Gasteiger partial charge in [0.25, 0.3) is 11.8 Å². The van der Waals surface area contributed by atoms with E-state index in [2.05, 4.69) is 10.6 Å². The smallest absolute Gasteiger partial charge is 0.255 e. The normalized spacial score (nSPS) is 14.9. The first-order valence-electron chi connectivity index (χ1n) is 9.87. The Bertz CT molecular complexity index is 992. The van der Waals surface area contributed by atoms with Gasteiger partial charge in [-0.3, -0.25) is 9.59 Å². The van der Waals surface area contributed by atoms with Crippen LogP contribution >= 0.6 is 0 Å². The minimum absolute atomic E-state index is 0.111. The maximum absolute atomic E-state index is 12.8. The van der Waals surface area contributed by atoms with E-state index < -0.39 is 0 Å². The highest BCUT2D eigenvalue weighted by atomic mass is 16.5. The fourth-order valence-corrected chi connectivity index (χ4v) is 3.18. The van der Waals surface area contributed by atoms with Gasteiger partial charge in [0.2, 0.25) is 0 Å². The topological polar surface area (TPSA) is 76.7 Å². The number of carbonyl (C=O) groups is 2. The van der Waals surface area contributed by atoms with Crippen LogP contribution in [0.4, 0.5) is 5.69 Å². The molecule has 1 aliphatic heterocycles. The minimum atomic E-state index is -0.250. The molecule has 6 nitrogen and oxygen atoms in total. The SMILES string of the molecule is CCOc1cccc2c1OCC(C(=O)Nc1cc(C(=O)NC3CC3)ccc1C)=C2. The second kappa shape index (κ2) is 7.99. The number of para-hydroxylation sites is 1. The molecule has 4 rings (SSSR count). The molecule has 0 bridgehead atoms. The molecule has 0 unspecified atom stereocenters. The van der Waals surface area contributed by atoms with Crippen LogP contribution in [-0.2, 0) is 4.79 Å². The number of ether oxygens (including phenoxy) is 2. The maximum Gasteiger partial charge on any atom is 0.255 e. The number of aryl methyl sites for hydroxylation is 1. The van der Waals surface area contributed by atoms with Crippen molar-refractivity contribution in [2.75, 3.05) is 18.5 Å². The molecule has 2 aromatic carbocycles. The summed E-state index contributed by atoms with van der Waals surface area (Å²) in [6.45, 7) is 4.51. The van der Waals surface area contributed by atoms with Crippen molar-refractivity contribution in [3.63, 3.8) is 0 Å². The summed E-state index contributed by atoms with van der Waals surface area (Å²) in [6.07, 6.45) is 3.87. The minimum Gasteiger partial charge on any atom is -0.490 e. The van der Waals surface area contributed by atoms with Crippen molar-refractivity contribution in [1.29, 1.82) is 0 Å². The molecule has 29 heavy (non-hydrogen) atoms. The van der Waals surface area contributed by atoms with Crippen molar-refractivity contribution < 1.29 is 19.1 Å². The van der Waals surface area contributed by atoms with E-state index in [-0.39, 0.29) is 24.5 Å². The molecule has 1 fully saturated rings. The Morgan fingerprint density at radius 2 is 2.00 bits per heavy atom. The van der Waals surface area contributed by atoms with Gasteiger partial charge in [0.1, 0.15) is 6.61 Å². The predicted octanol–water partition coefficient (Wildman–Crippen LogP) is 3.70. The summed E-state index contributed by atoms with van der Waals surface area (Å²) >= 11 is 0. The number of anilines is 1. The summed E-state index contributed by atoms with van der Waals surface area (Å²) in [6, 6.07) is 11.2. The van der Waals surface area contributed by atoms with Crippen molar-refractivity contribution >= 4 is 23.6 Å². The van der Waals surface area contributed by atoms with Crippen LogP contribution in [0.5, 0.6) is 11.5 Å². The lowest BCUT2D eigenvalue weighted by Crippen LogP contribution is -2.26. The van der Waals surface area contributed by atoms with E-state index in [1.165, 1.54) is 0 Å². The standard InChI is InChI=1S/C23H24N2O4/c1-3-28-20-6-4-5-15-11-17(13-29-21(15)20)23(27)25-19-12-16(8-7-14(19)2)22(26)24-18-9-10-18/h4-8,11-12,18H,3,9-10,13H2,1-2H3,(H,24,26)(H,25,27). The first-order valence-corrected chi connectivity index (χ1v) is 9.87. The van der Waals surface area contributed by atoms with Crippen molar-refractivity contribution in [2.24, 2.45) is 0 Å². The third-order valence-corrected chi connectivity index (χ3v) is 4.96. The van der Waals surface area contributed by atoms with Gasteiger partial charge < -0.3 is 20.1 Å². The molecule has 2 N–H and O–H groups in total. The van der Waals surface area contributed by atoms with Crippen LogP contribution in [0.1, 0.15) is 41.3 Å². The van der Waals surface area contributed by atoms with Crippen LogP contribution in [0, 0.1) is 6.92 Å². The summed E-state index contributed by atoms with van der Waals surface area (Å²) < 4.78 is 11.4. The van der Waals surface area contributed by atoms with E-state index in [1.807, 2.05) is 44.2 Å². The molecule has 1 saturated carbocycles. The summed E-state index contributed by atoms with van der Waals surface area (Å²) in [4.78, 5) is 25.1. The molecule has 2 aromatic rings. The average Bonchev–Trinajstić information content (AvgIpc) is 3.53. The average molecular weight is 392 g/mol. The molecule has 6 heteroatoms. The first kappa shape index (κ1) is 19.1. The van der Waals surface area contributed by atoms with Crippen molar-refractivity contribution in [1.82, 2.24) is 5.32 Å². The lowest BCUT2D eigenvalue weighted by atomic mass is 10.1. The zero-order valence-corrected chi connectivity index (χ0v) is 16.6.